The van der Waals surface area contributed by atoms with Crippen LogP contribution >= 0.6 is 11.6 Å². The minimum absolute atomic E-state index is 0.0746. The van der Waals surface area contributed by atoms with Gasteiger partial charge in [0.15, 0.2) is 5.69 Å². The molecule has 0 aliphatic heterocycles. The Morgan fingerprint density at radius 2 is 2.27 bits per heavy atom. The average molecular weight is 226 g/mol. The van der Waals surface area contributed by atoms with Crippen LogP contribution in [0.2, 0.25) is 5.02 Å². The maximum absolute atomic E-state index is 12.9. The van der Waals surface area contributed by atoms with Crippen molar-refractivity contribution in [1.82, 2.24) is 15.4 Å². The second-order valence-electron chi connectivity index (χ2n) is 2.81. The van der Waals surface area contributed by atoms with E-state index < -0.39 is 11.6 Å². The predicted molar refractivity (Wildman–Crippen MR) is 51.2 cm³/mol. The van der Waals surface area contributed by atoms with Crippen molar-refractivity contribution in [2.45, 2.75) is 0 Å². The van der Waals surface area contributed by atoms with E-state index in [1.165, 1.54) is 18.3 Å². The highest BCUT2D eigenvalue weighted by Crippen LogP contribution is 2.19. The summed E-state index contributed by atoms with van der Waals surface area (Å²) in [6.45, 7) is 0. The number of hydrogen-bond donors (Lipinski definition) is 1. The second-order valence-corrected chi connectivity index (χ2v) is 3.22. The lowest BCUT2D eigenvalue weighted by Gasteiger charge is -2.00. The number of hydrogen-bond acceptors (Lipinski definition) is 3. The number of nitrogens with zero attached hydrogens (tertiary/aromatic N) is 2. The summed E-state index contributed by atoms with van der Waals surface area (Å²) in [5.41, 5.74) is 0.174. The fraction of sp³-hybridized carbons (Fsp3) is 0. The van der Waals surface area contributed by atoms with Crippen molar-refractivity contribution in [3.63, 3.8) is 0 Å². The molecule has 0 atom stereocenters. The molecule has 0 aliphatic rings. The number of nitrogens with one attached hydrogen (secondary N) is 1. The molecule has 6 heteroatoms. The average Bonchev–Trinajstić information content (AvgIpc) is 2.74. The maximum Gasteiger partial charge on any atom is 0.216 e. The fourth-order valence-electron chi connectivity index (χ4n) is 1.12. The van der Waals surface area contributed by atoms with Gasteiger partial charge >= 0.3 is 0 Å². The third-order valence-electron chi connectivity index (χ3n) is 1.82. The summed E-state index contributed by atoms with van der Waals surface area (Å²) in [6.07, 6.45) is 1.25. The molecule has 0 aliphatic carbocycles. The third kappa shape index (κ3) is 1.87. The molecule has 0 spiro atoms. The minimum atomic E-state index is -0.522. The molecule has 1 aromatic carbocycles. The molecule has 0 radical (unpaired) electrons. The molecule has 0 unspecified atom stereocenters. The third-order valence-corrected chi connectivity index (χ3v) is 2.15. The molecule has 0 bridgehead atoms. The van der Waals surface area contributed by atoms with Gasteiger partial charge in [0.1, 0.15) is 5.82 Å². The number of H-pyrrole nitrogens is 1. The first-order valence-corrected chi connectivity index (χ1v) is 4.42. The van der Waals surface area contributed by atoms with Gasteiger partial charge in [0, 0.05) is 5.56 Å². The summed E-state index contributed by atoms with van der Waals surface area (Å²) in [5.74, 6) is -0.987. The molecule has 1 N–H and O–H groups in total. The number of rotatable bonds is 2. The Bertz CT molecular complexity index is 498. The minimum Gasteiger partial charge on any atom is -0.287 e. The lowest BCUT2D eigenvalue weighted by atomic mass is 10.1. The number of ketones is 1. The van der Waals surface area contributed by atoms with Crippen molar-refractivity contribution in [2.24, 2.45) is 0 Å². The van der Waals surface area contributed by atoms with Gasteiger partial charge in [-0.2, -0.15) is 15.4 Å². The number of carbonyl (C=O) groups is 1. The molecular weight excluding hydrogens is 221 g/mol. The Hall–Kier alpha value is -1.75. The van der Waals surface area contributed by atoms with E-state index in [1.807, 2.05) is 0 Å². The fourth-order valence-corrected chi connectivity index (χ4v) is 1.32. The van der Waals surface area contributed by atoms with E-state index in [0.29, 0.717) is 0 Å². The van der Waals surface area contributed by atoms with Gasteiger partial charge in [-0.05, 0) is 18.2 Å². The van der Waals surface area contributed by atoms with Gasteiger partial charge in [-0.15, -0.1) is 0 Å². The Morgan fingerprint density at radius 3 is 2.93 bits per heavy atom. The zero-order valence-corrected chi connectivity index (χ0v) is 8.12. The molecule has 2 aromatic rings. The van der Waals surface area contributed by atoms with Crippen LogP contribution in [0.4, 0.5) is 4.39 Å². The summed E-state index contributed by atoms with van der Waals surface area (Å²) in [4.78, 5) is 11.7. The molecule has 15 heavy (non-hydrogen) atoms. The van der Waals surface area contributed by atoms with E-state index in [2.05, 4.69) is 15.4 Å². The Balaban J connectivity index is 2.46. The van der Waals surface area contributed by atoms with Gasteiger partial charge in [-0.3, -0.25) is 4.79 Å². The highest BCUT2D eigenvalue weighted by atomic mass is 35.5. The van der Waals surface area contributed by atoms with Crippen LogP contribution in [0.25, 0.3) is 0 Å². The molecule has 0 saturated carbocycles. The summed E-state index contributed by atoms with van der Waals surface area (Å²) in [6, 6.07) is 3.57. The van der Waals surface area contributed by atoms with Crippen LogP contribution in [0.1, 0.15) is 16.1 Å². The standard InChI is InChI=1S/C9H5ClFN3O/c10-7-2-1-5(11)3-6(7)9(15)8-4-12-14-13-8/h1-4H,(H,12,13,14). The van der Waals surface area contributed by atoms with Crippen LogP contribution in [-0.2, 0) is 0 Å². The second kappa shape index (κ2) is 3.78. The Kier molecular flexibility index (Phi) is 2.47. The Morgan fingerprint density at radius 1 is 1.47 bits per heavy atom. The first-order chi connectivity index (χ1) is 7.18. The highest BCUT2D eigenvalue weighted by Gasteiger charge is 2.15. The number of aromatic amines is 1. The van der Waals surface area contributed by atoms with Crippen LogP contribution in [-0.4, -0.2) is 21.2 Å². The zero-order valence-electron chi connectivity index (χ0n) is 7.37. The van der Waals surface area contributed by atoms with E-state index >= 15 is 0 Å². The zero-order chi connectivity index (χ0) is 10.8. The van der Waals surface area contributed by atoms with Crippen molar-refractivity contribution in [2.75, 3.05) is 0 Å². The number of carbonyl (C=O) groups excluding carboxylic acids is 1. The van der Waals surface area contributed by atoms with Crippen molar-refractivity contribution < 1.29 is 9.18 Å². The van der Waals surface area contributed by atoms with E-state index in [1.54, 1.807) is 0 Å². The topological polar surface area (TPSA) is 58.6 Å². The predicted octanol–water partition coefficient (Wildman–Crippen LogP) is 1.83. The van der Waals surface area contributed by atoms with Gasteiger partial charge in [0.25, 0.3) is 0 Å². The van der Waals surface area contributed by atoms with Crippen LogP contribution in [0.3, 0.4) is 0 Å². The van der Waals surface area contributed by atoms with Crippen LogP contribution < -0.4 is 0 Å². The first-order valence-electron chi connectivity index (χ1n) is 4.04. The van der Waals surface area contributed by atoms with Crippen molar-refractivity contribution in [3.05, 3.63) is 46.5 Å². The molecule has 2 rings (SSSR count). The monoisotopic (exact) mass is 225 g/mol. The molecular formula is C9H5ClFN3O. The van der Waals surface area contributed by atoms with Crippen LogP contribution in [0, 0.1) is 5.82 Å². The van der Waals surface area contributed by atoms with Gasteiger partial charge < -0.3 is 0 Å². The van der Waals surface area contributed by atoms with Crippen molar-refractivity contribution in [3.8, 4) is 0 Å². The van der Waals surface area contributed by atoms with E-state index in [0.717, 1.165) is 6.07 Å². The van der Waals surface area contributed by atoms with Crippen LogP contribution in [0.15, 0.2) is 24.4 Å². The molecule has 0 fully saturated rings. The summed E-state index contributed by atoms with van der Waals surface area (Å²) in [5, 5.41) is 9.57. The van der Waals surface area contributed by atoms with Gasteiger partial charge in [0.2, 0.25) is 5.78 Å². The highest BCUT2D eigenvalue weighted by molar-refractivity contribution is 6.34. The lowest BCUT2D eigenvalue weighted by molar-refractivity contribution is 0.103. The van der Waals surface area contributed by atoms with Crippen LogP contribution in [0.5, 0.6) is 0 Å². The molecule has 1 aromatic heterocycles. The quantitative estimate of drug-likeness (QED) is 0.794. The lowest BCUT2D eigenvalue weighted by Crippen LogP contribution is -2.03. The SMILES string of the molecule is O=C(c1cn[nH]n1)c1cc(F)ccc1Cl. The normalized spacial score (nSPS) is 10.3. The smallest absolute Gasteiger partial charge is 0.216 e. The van der Waals surface area contributed by atoms with E-state index in [-0.39, 0.29) is 16.3 Å². The maximum atomic E-state index is 12.9. The number of halogens is 2. The largest absolute Gasteiger partial charge is 0.287 e. The Labute approximate surface area is 89.1 Å². The van der Waals surface area contributed by atoms with Crippen molar-refractivity contribution in [1.29, 1.82) is 0 Å². The van der Waals surface area contributed by atoms with Gasteiger partial charge in [-0.1, -0.05) is 11.6 Å². The molecule has 0 saturated heterocycles. The summed E-state index contributed by atoms with van der Waals surface area (Å²) >= 11 is 5.76. The summed E-state index contributed by atoms with van der Waals surface area (Å²) in [7, 11) is 0. The summed E-state index contributed by atoms with van der Waals surface area (Å²) < 4.78 is 12.9. The van der Waals surface area contributed by atoms with E-state index in [9.17, 15) is 9.18 Å². The number of benzene rings is 1. The first kappa shape index (κ1) is 9.79. The van der Waals surface area contributed by atoms with Gasteiger partial charge in [0.05, 0.1) is 11.2 Å². The molecule has 76 valence electrons. The molecule has 0 amide bonds. The van der Waals surface area contributed by atoms with Gasteiger partial charge in [-0.25, -0.2) is 4.39 Å². The van der Waals surface area contributed by atoms with E-state index in [4.69, 9.17) is 11.6 Å². The number of aromatic nitrogens is 3. The van der Waals surface area contributed by atoms with Crippen molar-refractivity contribution >= 4 is 17.4 Å². The molecule has 1 heterocycles. The molecule has 4 nitrogen and oxygen atoms in total.